The van der Waals surface area contributed by atoms with Crippen LogP contribution in [0.5, 0.6) is 0 Å². The van der Waals surface area contributed by atoms with Crippen molar-refractivity contribution in [3.8, 4) is 0 Å². The summed E-state index contributed by atoms with van der Waals surface area (Å²) in [5.74, 6) is 1.01. The maximum Gasteiger partial charge on any atom is 0.282 e. The van der Waals surface area contributed by atoms with Gasteiger partial charge in [-0.25, -0.2) is 0 Å². The first-order valence-electron chi connectivity index (χ1n) is 8.24. The molecule has 0 radical (unpaired) electrons. The molecule has 0 spiro atoms. The summed E-state index contributed by atoms with van der Waals surface area (Å²) in [4.78, 5) is 0. The zero-order valence-corrected chi connectivity index (χ0v) is 16.1. The molecule has 1 saturated heterocycles. The quantitative estimate of drug-likeness (QED) is 0.727. The van der Waals surface area contributed by atoms with Crippen LogP contribution in [0.1, 0.15) is 53.4 Å². The highest BCUT2D eigenvalue weighted by atomic mass is 35.5. The van der Waals surface area contributed by atoms with E-state index in [0.717, 1.165) is 25.7 Å². The fourth-order valence-electron chi connectivity index (χ4n) is 2.49. The number of halogens is 1. The Balaban J connectivity index is 0.00000441. The average Bonchev–Trinajstić information content (AvgIpc) is 2.37. The van der Waals surface area contributed by atoms with Crippen LogP contribution in [0.3, 0.4) is 0 Å². The second-order valence-corrected chi connectivity index (χ2v) is 8.96. The lowest BCUT2D eigenvalue weighted by Crippen LogP contribution is -2.51. The van der Waals surface area contributed by atoms with E-state index in [1.54, 1.807) is 8.61 Å². The van der Waals surface area contributed by atoms with Crippen molar-refractivity contribution in [3.05, 3.63) is 0 Å². The molecule has 7 heteroatoms. The van der Waals surface area contributed by atoms with Crippen molar-refractivity contribution in [1.82, 2.24) is 8.61 Å². The van der Waals surface area contributed by atoms with Crippen LogP contribution >= 0.6 is 12.4 Å². The Labute approximate surface area is 143 Å². The van der Waals surface area contributed by atoms with Crippen LogP contribution in [-0.4, -0.2) is 49.2 Å². The molecule has 1 rings (SSSR count). The van der Waals surface area contributed by atoms with Gasteiger partial charge in [0.05, 0.1) is 0 Å². The molecule has 2 N–H and O–H groups in total. The maximum atomic E-state index is 12.9. The molecular formula is C15H34ClN3O2S. The van der Waals surface area contributed by atoms with Crippen LogP contribution in [0.15, 0.2) is 0 Å². The summed E-state index contributed by atoms with van der Waals surface area (Å²) in [5.41, 5.74) is 5.94. The molecule has 22 heavy (non-hydrogen) atoms. The van der Waals surface area contributed by atoms with Gasteiger partial charge < -0.3 is 5.73 Å². The summed E-state index contributed by atoms with van der Waals surface area (Å²) in [6.45, 7) is 10.8. The number of nitrogens with zero attached hydrogens (tertiary/aromatic N) is 2. The van der Waals surface area contributed by atoms with Gasteiger partial charge in [-0.2, -0.15) is 17.0 Å². The molecule has 134 valence electrons. The second-order valence-electron chi connectivity index (χ2n) is 7.03. The van der Waals surface area contributed by atoms with E-state index in [-0.39, 0.29) is 18.4 Å². The minimum atomic E-state index is -3.36. The number of rotatable bonds is 8. The Bertz CT molecular complexity index is 390. The van der Waals surface area contributed by atoms with E-state index in [0.29, 0.717) is 38.0 Å². The van der Waals surface area contributed by atoms with E-state index in [1.165, 1.54) is 0 Å². The topological polar surface area (TPSA) is 66.6 Å². The number of hydrogen-bond donors (Lipinski definition) is 1. The first-order chi connectivity index (χ1) is 9.73. The van der Waals surface area contributed by atoms with Crippen LogP contribution in [0.2, 0.25) is 0 Å². The zero-order valence-electron chi connectivity index (χ0n) is 14.5. The second kappa shape index (κ2) is 10.1. The highest BCUT2D eigenvalue weighted by Gasteiger charge is 2.32. The largest absolute Gasteiger partial charge is 0.327 e. The monoisotopic (exact) mass is 355 g/mol. The molecular weight excluding hydrogens is 322 g/mol. The summed E-state index contributed by atoms with van der Waals surface area (Å²) >= 11 is 0. The van der Waals surface area contributed by atoms with Gasteiger partial charge in [-0.05, 0) is 37.5 Å². The van der Waals surface area contributed by atoms with E-state index >= 15 is 0 Å². The van der Waals surface area contributed by atoms with Crippen molar-refractivity contribution in [3.63, 3.8) is 0 Å². The molecule has 5 nitrogen and oxygen atoms in total. The predicted molar refractivity (Wildman–Crippen MR) is 95.4 cm³/mol. The standard InChI is InChI=1S/C15H33N3O2S.ClH/c1-13(2)7-10-17(11-8-14(3)4)21(19,20)18-9-5-6-15(16)12-18;/h13-15H,5-12,16H2,1-4H3;1H. The predicted octanol–water partition coefficient (Wildman–Crippen LogP) is 2.47. The van der Waals surface area contributed by atoms with Crippen LogP contribution in [0, 0.1) is 11.8 Å². The smallest absolute Gasteiger partial charge is 0.282 e. The highest BCUT2D eigenvalue weighted by molar-refractivity contribution is 7.86. The summed E-state index contributed by atoms with van der Waals surface area (Å²) in [6, 6.07) is -0.0226. The van der Waals surface area contributed by atoms with Gasteiger partial charge in [0.1, 0.15) is 0 Å². The summed E-state index contributed by atoms with van der Waals surface area (Å²) in [5, 5.41) is 0. The molecule has 1 fully saturated rings. The van der Waals surface area contributed by atoms with Gasteiger partial charge >= 0.3 is 0 Å². The number of nitrogens with two attached hydrogens (primary N) is 1. The Kier molecular flexibility index (Phi) is 10.1. The third kappa shape index (κ3) is 7.13. The van der Waals surface area contributed by atoms with Gasteiger partial charge in [0, 0.05) is 32.2 Å². The SMILES string of the molecule is CC(C)CCN(CCC(C)C)S(=O)(=O)N1CCCC(N)C1.Cl. The molecule has 0 amide bonds. The van der Waals surface area contributed by atoms with Crippen molar-refractivity contribution in [2.24, 2.45) is 17.6 Å². The van der Waals surface area contributed by atoms with Gasteiger partial charge in [-0.1, -0.05) is 27.7 Å². The first-order valence-corrected chi connectivity index (χ1v) is 9.64. The molecule has 0 saturated carbocycles. The molecule has 1 aliphatic rings. The molecule has 0 bridgehead atoms. The number of hydrogen-bond acceptors (Lipinski definition) is 3. The normalized spacial score (nSPS) is 20.6. The Morgan fingerprint density at radius 2 is 1.64 bits per heavy atom. The molecule has 1 aliphatic heterocycles. The van der Waals surface area contributed by atoms with Gasteiger partial charge in [0.15, 0.2) is 0 Å². The fourth-order valence-corrected chi connectivity index (χ4v) is 4.23. The van der Waals surface area contributed by atoms with Crippen molar-refractivity contribution in [2.45, 2.75) is 59.4 Å². The Morgan fingerprint density at radius 1 is 1.14 bits per heavy atom. The lowest BCUT2D eigenvalue weighted by Gasteiger charge is -2.35. The molecule has 1 unspecified atom stereocenters. The van der Waals surface area contributed by atoms with Crippen molar-refractivity contribution < 1.29 is 8.42 Å². The summed E-state index contributed by atoms with van der Waals surface area (Å²) in [6.07, 6.45) is 3.58. The van der Waals surface area contributed by atoms with E-state index in [9.17, 15) is 8.42 Å². The maximum absolute atomic E-state index is 12.9. The van der Waals surface area contributed by atoms with Gasteiger partial charge in [0.25, 0.3) is 10.2 Å². The van der Waals surface area contributed by atoms with Crippen LogP contribution in [-0.2, 0) is 10.2 Å². The van der Waals surface area contributed by atoms with E-state index in [2.05, 4.69) is 27.7 Å². The lowest BCUT2D eigenvalue weighted by molar-refractivity contribution is 0.273. The molecule has 0 aromatic heterocycles. The van der Waals surface area contributed by atoms with E-state index in [4.69, 9.17) is 5.73 Å². The zero-order chi connectivity index (χ0) is 16.0. The third-order valence-electron chi connectivity index (χ3n) is 3.98. The third-order valence-corrected chi connectivity index (χ3v) is 5.99. The molecule has 0 aliphatic carbocycles. The van der Waals surface area contributed by atoms with Gasteiger partial charge in [0.2, 0.25) is 0 Å². The Morgan fingerprint density at radius 3 is 2.05 bits per heavy atom. The molecule has 0 aromatic rings. The van der Waals surface area contributed by atoms with Crippen LogP contribution in [0.25, 0.3) is 0 Å². The minimum Gasteiger partial charge on any atom is -0.327 e. The lowest BCUT2D eigenvalue weighted by atomic mass is 10.1. The van der Waals surface area contributed by atoms with Crippen molar-refractivity contribution in [2.75, 3.05) is 26.2 Å². The molecule has 1 heterocycles. The van der Waals surface area contributed by atoms with Crippen molar-refractivity contribution in [1.29, 1.82) is 0 Å². The fraction of sp³-hybridized carbons (Fsp3) is 1.00. The average molecular weight is 356 g/mol. The van der Waals surface area contributed by atoms with E-state index < -0.39 is 10.2 Å². The van der Waals surface area contributed by atoms with Crippen molar-refractivity contribution >= 4 is 22.6 Å². The first kappa shape index (κ1) is 22.1. The van der Waals surface area contributed by atoms with E-state index in [1.807, 2.05) is 0 Å². The summed E-state index contributed by atoms with van der Waals surface area (Å²) < 4.78 is 29.0. The molecule has 1 atom stereocenters. The summed E-state index contributed by atoms with van der Waals surface area (Å²) in [7, 11) is -3.36. The van der Waals surface area contributed by atoms with Crippen LogP contribution in [0.4, 0.5) is 0 Å². The number of piperidine rings is 1. The highest BCUT2D eigenvalue weighted by Crippen LogP contribution is 2.18. The molecule has 0 aromatic carbocycles. The van der Waals surface area contributed by atoms with Gasteiger partial charge in [-0.15, -0.1) is 12.4 Å². The van der Waals surface area contributed by atoms with Gasteiger partial charge in [-0.3, -0.25) is 0 Å². The van der Waals surface area contributed by atoms with Crippen LogP contribution < -0.4 is 5.73 Å². The minimum absolute atomic E-state index is 0. The Hall–Kier alpha value is 0.120.